The van der Waals surface area contributed by atoms with Crippen molar-refractivity contribution in [1.29, 1.82) is 0 Å². The summed E-state index contributed by atoms with van der Waals surface area (Å²) in [5.41, 5.74) is -0.178. The summed E-state index contributed by atoms with van der Waals surface area (Å²) in [6.07, 6.45) is 2.79. The van der Waals surface area contributed by atoms with Crippen molar-refractivity contribution in [2.75, 3.05) is 37.0 Å². The summed E-state index contributed by atoms with van der Waals surface area (Å²) >= 11 is 0. The van der Waals surface area contributed by atoms with E-state index in [1.165, 1.54) is 12.4 Å². The van der Waals surface area contributed by atoms with Crippen LogP contribution in [0.4, 0.5) is 20.4 Å². The first-order valence-electron chi connectivity index (χ1n) is 9.56. The van der Waals surface area contributed by atoms with E-state index >= 15 is 0 Å². The second-order valence-corrected chi connectivity index (χ2v) is 7.36. The van der Waals surface area contributed by atoms with Gasteiger partial charge in [-0.25, -0.2) is 28.7 Å². The van der Waals surface area contributed by atoms with E-state index in [0.29, 0.717) is 24.1 Å². The fraction of sp³-hybridized carbons (Fsp3) is 0.579. The van der Waals surface area contributed by atoms with Gasteiger partial charge in [-0.2, -0.15) is 0 Å². The molecule has 9 heteroatoms. The molecule has 1 atom stereocenters. The predicted molar refractivity (Wildman–Crippen MR) is 101 cm³/mol. The van der Waals surface area contributed by atoms with E-state index in [4.69, 9.17) is 4.74 Å². The van der Waals surface area contributed by atoms with Crippen LogP contribution in [-0.4, -0.2) is 53.2 Å². The highest BCUT2D eigenvalue weighted by Gasteiger charge is 2.31. The van der Waals surface area contributed by atoms with Crippen LogP contribution in [0.1, 0.15) is 49.5 Å². The van der Waals surface area contributed by atoms with Gasteiger partial charge >= 0.3 is 0 Å². The molecule has 0 spiro atoms. The van der Waals surface area contributed by atoms with Crippen molar-refractivity contribution in [2.24, 2.45) is 0 Å². The number of halogens is 2. The number of nitrogens with zero attached hydrogens (tertiary/aromatic N) is 6. The summed E-state index contributed by atoms with van der Waals surface area (Å²) in [5, 5.41) is 0. The summed E-state index contributed by atoms with van der Waals surface area (Å²) in [6, 6.07) is 3.42. The van der Waals surface area contributed by atoms with Crippen LogP contribution >= 0.6 is 0 Å². The molecule has 150 valence electrons. The Hall–Kier alpha value is -2.58. The average Bonchev–Trinajstić information content (AvgIpc) is 3.58. The molecule has 3 heterocycles. The van der Waals surface area contributed by atoms with Crippen LogP contribution in [0.15, 0.2) is 18.5 Å². The molecular formula is C19H24F2N6O. The lowest BCUT2D eigenvalue weighted by Crippen LogP contribution is -2.47. The third kappa shape index (κ3) is 3.98. The third-order valence-electron chi connectivity index (χ3n) is 5.38. The zero-order valence-corrected chi connectivity index (χ0v) is 16.1. The van der Waals surface area contributed by atoms with E-state index in [9.17, 15) is 8.78 Å². The third-order valence-corrected chi connectivity index (χ3v) is 5.38. The van der Waals surface area contributed by atoms with Crippen LogP contribution in [0.2, 0.25) is 0 Å². The number of methoxy groups -OCH3 is 1. The van der Waals surface area contributed by atoms with Crippen LogP contribution in [0.25, 0.3) is 0 Å². The van der Waals surface area contributed by atoms with Crippen LogP contribution < -0.4 is 14.5 Å². The largest absolute Gasteiger partial charge is 0.481 e. The zero-order valence-electron chi connectivity index (χ0n) is 16.1. The number of likely N-dealkylation sites (N-methyl/N-ethyl adjacent to an activating group) is 1. The van der Waals surface area contributed by atoms with Crippen molar-refractivity contribution in [3.05, 3.63) is 30.0 Å². The second kappa shape index (κ2) is 7.81. The lowest BCUT2D eigenvalue weighted by Gasteiger charge is -2.38. The molecule has 1 aliphatic heterocycles. The Kier molecular flexibility index (Phi) is 5.23. The van der Waals surface area contributed by atoms with Crippen LogP contribution in [0, 0.1) is 0 Å². The van der Waals surface area contributed by atoms with E-state index in [0.717, 1.165) is 38.0 Å². The number of anilines is 2. The van der Waals surface area contributed by atoms with Gasteiger partial charge in [-0.1, -0.05) is 0 Å². The van der Waals surface area contributed by atoms with Gasteiger partial charge in [0.2, 0.25) is 5.88 Å². The summed E-state index contributed by atoms with van der Waals surface area (Å²) in [7, 11) is 3.55. The molecule has 4 rings (SSSR count). The number of hydrogen-bond acceptors (Lipinski definition) is 7. The van der Waals surface area contributed by atoms with Gasteiger partial charge in [0, 0.05) is 44.2 Å². The molecule has 1 saturated carbocycles. The predicted octanol–water partition coefficient (Wildman–Crippen LogP) is 3.20. The second-order valence-electron chi connectivity index (χ2n) is 7.36. The normalized spacial score (nSPS) is 19.8. The Balaban J connectivity index is 1.55. The fourth-order valence-electron chi connectivity index (χ4n) is 3.57. The molecule has 28 heavy (non-hydrogen) atoms. The first-order valence-corrected chi connectivity index (χ1v) is 9.56. The summed E-state index contributed by atoms with van der Waals surface area (Å²) in [5.74, 6) is 2.67. The lowest BCUT2D eigenvalue weighted by molar-refractivity contribution is 0.145. The van der Waals surface area contributed by atoms with Crippen molar-refractivity contribution < 1.29 is 13.5 Å². The van der Waals surface area contributed by atoms with Crippen molar-refractivity contribution in [3.63, 3.8) is 0 Å². The van der Waals surface area contributed by atoms with E-state index in [1.54, 1.807) is 13.2 Å². The highest BCUT2D eigenvalue weighted by molar-refractivity contribution is 5.45. The zero-order chi connectivity index (χ0) is 19.7. The molecule has 1 aliphatic carbocycles. The molecular weight excluding hydrogens is 366 g/mol. The van der Waals surface area contributed by atoms with Gasteiger partial charge in [0.25, 0.3) is 6.43 Å². The smallest absolute Gasteiger partial charge is 0.280 e. The summed E-state index contributed by atoms with van der Waals surface area (Å²) in [6.45, 7) is 1.48. The monoisotopic (exact) mass is 390 g/mol. The molecule has 2 aromatic rings. The number of piperidine rings is 1. The van der Waals surface area contributed by atoms with Crippen molar-refractivity contribution in [3.8, 4) is 5.88 Å². The molecule has 2 aliphatic rings. The Morgan fingerprint density at radius 3 is 2.71 bits per heavy atom. The fourth-order valence-corrected chi connectivity index (χ4v) is 3.57. The maximum Gasteiger partial charge on any atom is 0.280 e. The topological polar surface area (TPSA) is 67.3 Å². The van der Waals surface area contributed by atoms with Gasteiger partial charge in [-0.15, -0.1) is 0 Å². The number of rotatable bonds is 6. The highest BCUT2D eigenvalue weighted by Crippen LogP contribution is 2.39. The van der Waals surface area contributed by atoms with E-state index in [-0.39, 0.29) is 17.7 Å². The average molecular weight is 390 g/mol. The van der Waals surface area contributed by atoms with Crippen LogP contribution in [0.3, 0.4) is 0 Å². The molecule has 2 fully saturated rings. The molecule has 0 bridgehead atoms. The lowest BCUT2D eigenvalue weighted by atomic mass is 10.0. The molecule has 2 aromatic heterocycles. The Bertz CT molecular complexity index is 812. The minimum absolute atomic E-state index is 0.178. The molecule has 0 aromatic carbocycles. The highest BCUT2D eigenvalue weighted by atomic mass is 19.3. The van der Waals surface area contributed by atoms with Crippen molar-refractivity contribution in [2.45, 2.75) is 44.1 Å². The molecule has 1 saturated heterocycles. The molecule has 0 amide bonds. The first-order chi connectivity index (χ1) is 13.5. The molecule has 0 N–H and O–H groups in total. The number of ether oxygens (including phenoxy) is 1. The summed E-state index contributed by atoms with van der Waals surface area (Å²) in [4.78, 5) is 21.3. The number of hydrogen-bond donors (Lipinski definition) is 0. The van der Waals surface area contributed by atoms with Crippen molar-refractivity contribution >= 4 is 11.6 Å². The first kappa shape index (κ1) is 18.8. The molecule has 1 unspecified atom stereocenters. The quantitative estimate of drug-likeness (QED) is 0.750. The van der Waals surface area contributed by atoms with Gasteiger partial charge in [-0.3, -0.25) is 0 Å². The van der Waals surface area contributed by atoms with Gasteiger partial charge in [0.1, 0.15) is 29.5 Å². The van der Waals surface area contributed by atoms with Gasteiger partial charge in [0.15, 0.2) is 0 Å². The van der Waals surface area contributed by atoms with E-state index in [1.807, 2.05) is 7.05 Å². The van der Waals surface area contributed by atoms with Crippen molar-refractivity contribution in [1.82, 2.24) is 19.9 Å². The summed E-state index contributed by atoms with van der Waals surface area (Å²) < 4.78 is 31.8. The maximum atomic E-state index is 13.3. The Labute approximate surface area is 162 Å². The number of alkyl halides is 2. The minimum atomic E-state index is -2.59. The molecule has 0 radical (unpaired) electrons. The van der Waals surface area contributed by atoms with E-state index < -0.39 is 6.43 Å². The Morgan fingerprint density at radius 1 is 1.18 bits per heavy atom. The SMILES string of the molecule is COc1cc(N(C)C2CCCN(c3cc(C(F)F)nc(C4CC4)n3)C2)ncn1. The molecule has 7 nitrogen and oxygen atoms in total. The van der Waals surface area contributed by atoms with Crippen LogP contribution in [-0.2, 0) is 0 Å². The standard InChI is InChI=1S/C19H24F2N6O/c1-26(15-9-17(28-2)23-11-22-15)13-4-3-7-27(10-13)16-8-14(18(20)21)24-19(25-16)12-5-6-12/h8-9,11-13,18H,3-7,10H2,1-2H3. The van der Waals surface area contributed by atoms with E-state index in [2.05, 4.69) is 29.7 Å². The van der Waals surface area contributed by atoms with Crippen LogP contribution in [0.5, 0.6) is 5.88 Å². The maximum absolute atomic E-state index is 13.3. The van der Waals surface area contributed by atoms with Gasteiger partial charge < -0.3 is 14.5 Å². The minimum Gasteiger partial charge on any atom is -0.481 e. The Morgan fingerprint density at radius 2 is 2.00 bits per heavy atom. The van der Waals surface area contributed by atoms with Gasteiger partial charge in [-0.05, 0) is 25.7 Å². The van der Waals surface area contributed by atoms with Gasteiger partial charge in [0.05, 0.1) is 7.11 Å². The number of aromatic nitrogens is 4.